The summed E-state index contributed by atoms with van der Waals surface area (Å²) in [6, 6.07) is 17.9. The summed E-state index contributed by atoms with van der Waals surface area (Å²) in [7, 11) is 0. The molecule has 0 radical (unpaired) electrons. The number of H-pyrrole nitrogens is 1. The molecule has 1 aliphatic rings. The first kappa shape index (κ1) is 21.2. The molecule has 1 saturated heterocycles. The molecule has 0 atom stereocenters. The van der Waals surface area contributed by atoms with Crippen molar-refractivity contribution >= 4 is 27.6 Å². The predicted octanol–water partition coefficient (Wildman–Crippen LogP) is 4.59. The number of likely N-dealkylation sites (tertiary alicyclic amines) is 1. The Balaban J connectivity index is 1.11. The Kier molecular flexibility index (Phi) is 6.05. The summed E-state index contributed by atoms with van der Waals surface area (Å²) >= 11 is 0. The monoisotopic (exact) mass is 437 g/mol. The van der Waals surface area contributed by atoms with Crippen LogP contribution in [0.1, 0.15) is 46.8 Å². The second-order valence-electron chi connectivity index (χ2n) is 8.72. The summed E-state index contributed by atoms with van der Waals surface area (Å²) < 4.78 is 0. The zero-order chi connectivity index (χ0) is 22.6. The van der Waals surface area contributed by atoms with Crippen LogP contribution in [-0.2, 0) is 0 Å². The molecular weight excluding hydrogens is 410 g/mol. The van der Waals surface area contributed by atoms with Gasteiger partial charge in [-0.3, -0.25) is 9.78 Å². The Labute approximate surface area is 193 Å². The van der Waals surface area contributed by atoms with Crippen LogP contribution in [-0.4, -0.2) is 47.0 Å². The largest absolute Gasteiger partial charge is 0.361 e. The number of fused-ring (bicyclic) bond motifs is 2. The fraction of sp³-hybridized carbons (Fsp3) is 0.296. The molecule has 2 aromatic carbocycles. The minimum absolute atomic E-state index is 0.110. The van der Waals surface area contributed by atoms with E-state index >= 15 is 0 Å². The van der Waals surface area contributed by atoms with Crippen molar-refractivity contribution in [2.75, 3.05) is 26.2 Å². The normalized spacial score (nSPS) is 15.0. The van der Waals surface area contributed by atoms with Crippen LogP contribution in [0.25, 0.3) is 21.7 Å². The van der Waals surface area contributed by atoms with E-state index in [1.54, 1.807) is 6.20 Å². The molecule has 0 bridgehead atoms. The lowest BCUT2D eigenvalue weighted by atomic mass is 9.89. The zero-order valence-corrected chi connectivity index (χ0v) is 18.6. The molecule has 5 rings (SSSR count). The average Bonchev–Trinajstić information content (AvgIpc) is 3.29. The number of aromatic nitrogens is 2. The molecule has 0 spiro atoms. The van der Waals surface area contributed by atoms with Gasteiger partial charge in [0.05, 0.1) is 11.6 Å². The number of hydrogen-bond donors (Lipinski definition) is 2. The molecule has 2 N–H and O–H groups in total. The van der Waals surface area contributed by atoms with Gasteiger partial charge < -0.3 is 15.2 Å². The van der Waals surface area contributed by atoms with Crippen LogP contribution in [0.5, 0.6) is 0 Å². The highest BCUT2D eigenvalue weighted by Gasteiger charge is 2.22. The van der Waals surface area contributed by atoms with Crippen LogP contribution < -0.4 is 5.32 Å². The Morgan fingerprint density at radius 2 is 2.00 bits per heavy atom. The summed E-state index contributed by atoms with van der Waals surface area (Å²) in [4.78, 5) is 22.8. The highest BCUT2D eigenvalue weighted by molar-refractivity contribution is 6.05. The number of nitrogens with one attached hydrogen (secondary N) is 2. The van der Waals surface area contributed by atoms with Gasteiger partial charge in [0.25, 0.3) is 5.91 Å². The Morgan fingerprint density at radius 3 is 2.85 bits per heavy atom. The smallest absolute Gasteiger partial charge is 0.270 e. The third-order valence-electron chi connectivity index (χ3n) is 6.70. The van der Waals surface area contributed by atoms with E-state index in [0.717, 1.165) is 55.2 Å². The van der Waals surface area contributed by atoms with Crippen LogP contribution in [0.15, 0.2) is 60.9 Å². The number of benzene rings is 2. The molecule has 1 fully saturated rings. The number of hydrogen-bond acceptors (Lipinski definition) is 4. The minimum atomic E-state index is -0.110. The molecule has 6 heteroatoms. The summed E-state index contributed by atoms with van der Waals surface area (Å²) in [6.45, 7) is 3.72. The second-order valence-corrected chi connectivity index (χ2v) is 8.72. The SMILES string of the molecule is N#Cc1ccc2[nH]cc(C3CCN(CCCNC(=O)c4nccc5ccccc45)CC3)c2c1. The number of rotatable bonds is 6. The van der Waals surface area contributed by atoms with E-state index in [9.17, 15) is 10.1 Å². The van der Waals surface area contributed by atoms with E-state index in [2.05, 4.69) is 32.5 Å². The van der Waals surface area contributed by atoms with Crippen molar-refractivity contribution < 1.29 is 4.79 Å². The summed E-state index contributed by atoms with van der Waals surface area (Å²) in [5, 5.41) is 15.3. The van der Waals surface area contributed by atoms with Gasteiger partial charge >= 0.3 is 0 Å². The van der Waals surface area contributed by atoms with Gasteiger partial charge in [0, 0.05) is 35.2 Å². The molecule has 2 aromatic heterocycles. The maximum atomic E-state index is 12.6. The third kappa shape index (κ3) is 4.46. The van der Waals surface area contributed by atoms with Gasteiger partial charge in [0.1, 0.15) is 5.69 Å². The summed E-state index contributed by atoms with van der Waals surface area (Å²) in [6.07, 6.45) is 6.94. The third-order valence-corrected chi connectivity index (χ3v) is 6.70. The maximum Gasteiger partial charge on any atom is 0.270 e. The van der Waals surface area contributed by atoms with E-state index in [0.29, 0.717) is 23.7 Å². The van der Waals surface area contributed by atoms with Crippen molar-refractivity contribution in [3.05, 3.63) is 77.7 Å². The number of amides is 1. The number of carbonyl (C=O) groups excluding carboxylic acids is 1. The van der Waals surface area contributed by atoms with E-state index in [1.165, 1.54) is 10.9 Å². The first-order valence-electron chi connectivity index (χ1n) is 11.6. The molecule has 0 unspecified atom stereocenters. The lowest BCUT2D eigenvalue weighted by Gasteiger charge is -2.32. The molecule has 1 amide bonds. The highest BCUT2D eigenvalue weighted by atomic mass is 16.1. The summed E-state index contributed by atoms with van der Waals surface area (Å²) in [5.41, 5.74) is 3.63. The molecule has 6 nitrogen and oxygen atoms in total. The van der Waals surface area contributed by atoms with E-state index in [-0.39, 0.29) is 5.91 Å². The van der Waals surface area contributed by atoms with E-state index < -0.39 is 0 Å². The Bertz CT molecular complexity index is 1320. The van der Waals surface area contributed by atoms with Crippen LogP contribution in [0.3, 0.4) is 0 Å². The predicted molar refractivity (Wildman–Crippen MR) is 130 cm³/mol. The van der Waals surface area contributed by atoms with Crippen molar-refractivity contribution in [1.29, 1.82) is 5.26 Å². The lowest BCUT2D eigenvalue weighted by molar-refractivity contribution is 0.0948. The number of carbonyl (C=O) groups is 1. The number of aromatic amines is 1. The van der Waals surface area contributed by atoms with Crippen molar-refractivity contribution in [3.8, 4) is 6.07 Å². The maximum absolute atomic E-state index is 12.6. The first-order valence-corrected chi connectivity index (χ1v) is 11.6. The van der Waals surface area contributed by atoms with Gasteiger partial charge in [-0.05, 0) is 80.0 Å². The van der Waals surface area contributed by atoms with Crippen LogP contribution in [0.2, 0.25) is 0 Å². The average molecular weight is 438 g/mol. The Hall–Kier alpha value is -3.69. The fourth-order valence-electron chi connectivity index (χ4n) is 4.91. The van der Waals surface area contributed by atoms with E-state index in [4.69, 9.17) is 0 Å². The second kappa shape index (κ2) is 9.43. The molecule has 33 heavy (non-hydrogen) atoms. The zero-order valence-electron chi connectivity index (χ0n) is 18.6. The van der Waals surface area contributed by atoms with Crippen LogP contribution in [0.4, 0.5) is 0 Å². The van der Waals surface area contributed by atoms with Gasteiger partial charge in [0.2, 0.25) is 0 Å². The summed E-state index contributed by atoms with van der Waals surface area (Å²) in [5.74, 6) is 0.405. The molecule has 1 aliphatic heterocycles. The van der Waals surface area contributed by atoms with Gasteiger partial charge in [0.15, 0.2) is 0 Å². The first-order chi connectivity index (χ1) is 16.2. The van der Waals surface area contributed by atoms with E-state index in [1.807, 2.05) is 48.5 Å². The molecule has 0 saturated carbocycles. The van der Waals surface area contributed by atoms with Gasteiger partial charge in [-0.2, -0.15) is 5.26 Å². The van der Waals surface area contributed by atoms with Gasteiger partial charge in [-0.1, -0.05) is 24.3 Å². The van der Waals surface area contributed by atoms with Gasteiger partial charge in [-0.15, -0.1) is 0 Å². The number of nitriles is 1. The van der Waals surface area contributed by atoms with Crippen molar-refractivity contribution in [3.63, 3.8) is 0 Å². The lowest BCUT2D eigenvalue weighted by Crippen LogP contribution is -2.35. The molecular formula is C27H27N5O. The quantitative estimate of drug-likeness (QED) is 0.432. The molecule has 4 aromatic rings. The van der Waals surface area contributed by atoms with Crippen molar-refractivity contribution in [1.82, 2.24) is 20.2 Å². The molecule has 0 aliphatic carbocycles. The van der Waals surface area contributed by atoms with Crippen molar-refractivity contribution in [2.24, 2.45) is 0 Å². The molecule has 3 heterocycles. The number of piperidine rings is 1. The number of nitrogens with zero attached hydrogens (tertiary/aromatic N) is 3. The van der Waals surface area contributed by atoms with Crippen LogP contribution >= 0.6 is 0 Å². The van der Waals surface area contributed by atoms with Crippen molar-refractivity contribution in [2.45, 2.75) is 25.2 Å². The molecule has 166 valence electrons. The highest BCUT2D eigenvalue weighted by Crippen LogP contribution is 2.33. The topological polar surface area (TPSA) is 84.8 Å². The fourth-order valence-corrected chi connectivity index (χ4v) is 4.91. The van der Waals surface area contributed by atoms with Gasteiger partial charge in [-0.25, -0.2) is 0 Å². The number of pyridine rings is 1. The minimum Gasteiger partial charge on any atom is -0.361 e. The Morgan fingerprint density at radius 1 is 1.15 bits per heavy atom. The van der Waals surface area contributed by atoms with Crippen LogP contribution in [0, 0.1) is 11.3 Å². The standard InChI is InChI=1S/C27H27N5O/c28-17-19-6-7-25-23(16-19)24(18-31-25)21-9-14-32(15-10-21)13-3-11-30-27(33)26-22-5-2-1-4-20(22)8-12-29-26/h1-2,4-8,12,16,18,21,31H,3,9-11,13-15H2,(H,30,33).